The zero-order valence-electron chi connectivity index (χ0n) is 11.6. The Morgan fingerprint density at radius 3 is 2.76 bits per heavy atom. The van der Waals surface area contributed by atoms with E-state index in [1.54, 1.807) is 6.07 Å². The highest BCUT2D eigenvalue weighted by Crippen LogP contribution is 2.23. The fourth-order valence-corrected chi connectivity index (χ4v) is 2.55. The Morgan fingerprint density at radius 2 is 2.05 bits per heavy atom. The fourth-order valence-electron chi connectivity index (χ4n) is 2.44. The minimum atomic E-state index is -0.449. The van der Waals surface area contributed by atoms with Gasteiger partial charge in [0.2, 0.25) is 0 Å². The van der Waals surface area contributed by atoms with Gasteiger partial charge in [0.15, 0.2) is 0 Å². The van der Waals surface area contributed by atoms with Gasteiger partial charge >= 0.3 is 0 Å². The van der Waals surface area contributed by atoms with E-state index in [4.69, 9.17) is 17.3 Å². The molecule has 0 amide bonds. The van der Waals surface area contributed by atoms with Crippen LogP contribution in [-0.4, -0.2) is 9.55 Å². The summed E-state index contributed by atoms with van der Waals surface area (Å²) in [5.41, 5.74) is 8.88. The molecular weight excluding hydrogens is 289 g/mol. The normalized spacial score (nSPS) is 12.8. The lowest BCUT2D eigenvalue weighted by Gasteiger charge is -2.12. The minimum Gasteiger partial charge on any atom is -0.331 e. The number of halogens is 2. The van der Waals surface area contributed by atoms with Crippen LogP contribution in [0.5, 0.6) is 0 Å². The Balaban J connectivity index is 1.90. The Labute approximate surface area is 127 Å². The van der Waals surface area contributed by atoms with E-state index >= 15 is 0 Å². The molecule has 0 radical (unpaired) electrons. The lowest BCUT2D eigenvalue weighted by molar-refractivity contribution is 0.614. The van der Waals surface area contributed by atoms with Gasteiger partial charge < -0.3 is 10.3 Å². The summed E-state index contributed by atoms with van der Waals surface area (Å²) in [5, 5.41) is 0.105. The quantitative estimate of drug-likeness (QED) is 0.803. The molecule has 3 aromatic rings. The highest BCUT2D eigenvalue weighted by atomic mass is 35.5. The lowest BCUT2D eigenvalue weighted by Crippen LogP contribution is -2.16. The summed E-state index contributed by atoms with van der Waals surface area (Å²) in [6.45, 7) is 0. The summed E-state index contributed by atoms with van der Waals surface area (Å²) < 4.78 is 15.5. The molecular formula is C16H15ClFN3. The Kier molecular flexibility index (Phi) is 3.66. The van der Waals surface area contributed by atoms with Crippen molar-refractivity contribution >= 4 is 22.6 Å². The van der Waals surface area contributed by atoms with Crippen molar-refractivity contribution in [1.29, 1.82) is 0 Å². The summed E-state index contributed by atoms with van der Waals surface area (Å²) in [7, 11) is 1.96. The number of imidazole rings is 1. The number of nitrogens with two attached hydrogens (primary N) is 1. The van der Waals surface area contributed by atoms with E-state index in [0.717, 1.165) is 16.9 Å². The zero-order valence-corrected chi connectivity index (χ0v) is 12.3. The van der Waals surface area contributed by atoms with Gasteiger partial charge in [0, 0.05) is 19.5 Å². The van der Waals surface area contributed by atoms with Crippen molar-refractivity contribution in [2.24, 2.45) is 12.8 Å². The number of rotatable bonds is 3. The van der Waals surface area contributed by atoms with Gasteiger partial charge in [0.25, 0.3) is 0 Å². The van der Waals surface area contributed by atoms with E-state index in [1.165, 1.54) is 12.1 Å². The molecule has 2 N–H and O–H groups in total. The maximum atomic E-state index is 13.5. The number of hydrogen-bond donors (Lipinski definition) is 1. The van der Waals surface area contributed by atoms with Crippen molar-refractivity contribution in [3.63, 3.8) is 0 Å². The first kappa shape index (κ1) is 14.0. The Morgan fingerprint density at radius 1 is 1.29 bits per heavy atom. The molecule has 0 saturated carbocycles. The second-order valence-electron chi connectivity index (χ2n) is 5.06. The molecule has 3 rings (SSSR count). The lowest BCUT2D eigenvalue weighted by atomic mass is 10.0. The first-order valence-electron chi connectivity index (χ1n) is 6.67. The number of fused-ring (bicyclic) bond motifs is 1. The molecule has 0 bridgehead atoms. The van der Waals surface area contributed by atoms with Crippen molar-refractivity contribution in [1.82, 2.24) is 9.55 Å². The topological polar surface area (TPSA) is 43.8 Å². The predicted molar refractivity (Wildman–Crippen MR) is 82.8 cm³/mol. The van der Waals surface area contributed by atoms with Crippen molar-refractivity contribution in [2.45, 2.75) is 12.5 Å². The standard InChI is InChI=1S/C16H15ClFN3/c1-21-15-5-3-2-4-14(15)20-16(21)9-13(19)10-6-7-11(17)12(18)8-10/h2-8,13H,9,19H2,1H3. The fraction of sp³-hybridized carbons (Fsp3) is 0.188. The first-order valence-corrected chi connectivity index (χ1v) is 7.05. The van der Waals surface area contributed by atoms with Gasteiger partial charge in [-0.25, -0.2) is 9.37 Å². The highest BCUT2D eigenvalue weighted by molar-refractivity contribution is 6.30. The summed E-state index contributed by atoms with van der Waals surface area (Å²) in [5.74, 6) is 0.425. The van der Waals surface area contributed by atoms with Crippen LogP contribution in [0.3, 0.4) is 0 Å². The summed E-state index contributed by atoms with van der Waals surface area (Å²) in [6.07, 6.45) is 0.534. The van der Waals surface area contributed by atoms with Crippen molar-refractivity contribution in [3.05, 3.63) is 64.7 Å². The molecule has 1 aromatic heterocycles. The van der Waals surface area contributed by atoms with E-state index in [-0.39, 0.29) is 11.1 Å². The number of aryl methyl sites for hydroxylation is 1. The van der Waals surface area contributed by atoms with Gasteiger partial charge in [-0.05, 0) is 29.8 Å². The molecule has 3 nitrogen and oxygen atoms in total. The van der Waals surface area contributed by atoms with E-state index in [9.17, 15) is 4.39 Å². The maximum absolute atomic E-state index is 13.5. The van der Waals surface area contributed by atoms with Crippen LogP contribution in [0.25, 0.3) is 11.0 Å². The van der Waals surface area contributed by atoms with Gasteiger partial charge in [-0.2, -0.15) is 0 Å². The molecule has 108 valence electrons. The van der Waals surface area contributed by atoms with Gasteiger partial charge in [-0.3, -0.25) is 0 Å². The minimum absolute atomic E-state index is 0.105. The molecule has 1 unspecified atom stereocenters. The average Bonchev–Trinajstić information content (AvgIpc) is 2.79. The summed E-state index contributed by atoms with van der Waals surface area (Å²) in [6, 6.07) is 12.2. The molecule has 0 aliphatic carbocycles. The van der Waals surface area contributed by atoms with Crippen molar-refractivity contribution < 1.29 is 4.39 Å². The maximum Gasteiger partial charge on any atom is 0.142 e. The number of aromatic nitrogens is 2. The molecule has 0 aliphatic rings. The predicted octanol–water partition coefficient (Wildman–Crippen LogP) is 3.61. The smallest absolute Gasteiger partial charge is 0.142 e. The molecule has 0 fully saturated rings. The molecule has 1 heterocycles. The summed E-state index contributed by atoms with van der Waals surface area (Å²) >= 11 is 5.69. The average molecular weight is 304 g/mol. The SMILES string of the molecule is Cn1c(CC(N)c2ccc(Cl)c(F)c2)nc2ccccc21. The molecule has 5 heteroatoms. The Bertz CT molecular complexity index is 797. The molecule has 0 spiro atoms. The zero-order chi connectivity index (χ0) is 15.0. The first-order chi connectivity index (χ1) is 10.1. The third-order valence-electron chi connectivity index (χ3n) is 3.65. The van der Waals surface area contributed by atoms with Gasteiger partial charge in [-0.1, -0.05) is 29.8 Å². The van der Waals surface area contributed by atoms with Crippen LogP contribution in [0.15, 0.2) is 42.5 Å². The van der Waals surface area contributed by atoms with Crippen LogP contribution in [0.4, 0.5) is 4.39 Å². The second-order valence-corrected chi connectivity index (χ2v) is 5.47. The van der Waals surface area contributed by atoms with E-state index in [2.05, 4.69) is 4.98 Å². The molecule has 2 aromatic carbocycles. The van der Waals surface area contributed by atoms with Crippen molar-refractivity contribution in [3.8, 4) is 0 Å². The largest absolute Gasteiger partial charge is 0.331 e. The van der Waals surface area contributed by atoms with Crippen LogP contribution in [-0.2, 0) is 13.5 Å². The Hall–Kier alpha value is -1.91. The summed E-state index contributed by atoms with van der Waals surface area (Å²) in [4.78, 5) is 4.58. The molecule has 0 saturated heterocycles. The third kappa shape index (κ3) is 2.64. The third-order valence-corrected chi connectivity index (χ3v) is 3.96. The molecule has 21 heavy (non-hydrogen) atoms. The van der Waals surface area contributed by atoms with Crippen LogP contribution in [0.2, 0.25) is 5.02 Å². The van der Waals surface area contributed by atoms with E-state index in [1.807, 2.05) is 35.9 Å². The van der Waals surface area contributed by atoms with Crippen LogP contribution < -0.4 is 5.73 Å². The second kappa shape index (κ2) is 5.47. The van der Waals surface area contributed by atoms with Crippen molar-refractivity contribution in [2.75, 3.05) is 0 Å². The molecule has 0 aliphatic heterocycles. The van der Waals surface area contributed by atoms with Gasteiger partial charge in [0.1, 0.15) is 11.6 Å². The number of nitrogens with zero attached hydrogens (tertiary/aromatic N) is 2. The van der Waals surface area contributed by atoms with Crippen LogP contribution in [0.1, 0.15) is 17.4 Å². The van der Waals surface area contributed by atoms with Gasteiger partial charge in [-0.15, -0.1) is 0 Å². The number of hydrogen-bond acceptors (Lipinski definition) is 2. The monoisotopic (exact) mass is 303 g/mol. The number of benzene rings is 2. The van der Waals surface area contributed by atoms with E-state index in [0.29, 0.717) is 12.0 Å². The van der Waals surface area contributed by atoms with Crippen LogP contribution in [0, 0.1) is 5.82 Å². The highest BCUT2D eigenvalue weighted by Gasteiger charge is 2.14. The number of para-hydroxylation sites is 2. The molecule has 1 atom stereocenters. The van der Waals surface area contributed by atoms with E-state index < -0.39 is 5.82 Å². The van der Waals surface area contributed by atoms with Gasteiger partial charge in [0.05, 0.1) is 16.1 Å². The van der Waals surface area contributed by atoms with Crippen LogP contribution >= 0.6 is 11.6 Å².